The van der Waals surface area contributed by atoms with Crippen LogP contribution in [0.4, 0.5) is 22.7 Å². The molecule has 0 aromatic heterocycles. The molecule has 3 heterocycles. The molecule has 113 heavy (non-hydrogen) atoms. The van der Waals surface area contributed by atoms with Crippen LogP contribution >= 0.6 is 23.5 Å². The molecule has 0 unspecified atom stereocenters. The van der Waals surface area contributed by atoms with Crippen LogP contribution in [0.25, 0.3) is 0 Å². The van der Waals surface area contributed by atoms with Gasteiger partial charge in [0.05, 0.1) is 9.79 Å². The van der Waals surface area contributed by atoms with Gasteiger partial charge in [-0.15, -0.1) is 23.5 Å². The molecule has 8 aliphatic carbocycles. The average Bonchev–Trinajstić information content (AvgIpc) is 0.680. The number of carbonyl (C=O) groups excluding carboxylic acids is 2. The number of carbonyl (C=O) groups is 2. The number of aryl methyl sites for hydroxylation is 2. The van der Waals surface area contributed by atoms with E-state index < -0.39 is 31.9 Å². The van der Waals surface area contributed by atoms with Gasteiger partial charge in [-0.2, -0.15) is 0 Å². The second-order valence-corrected chi connectivity index (χ2v) is 43.3. The molecule has 20 heteroatoms. The van der Waals surface area contributed by atoms with Gasteiger partial charge >= 0.3 is 0 Å². The number of nitrogens with one attached hydrogen (secondary N) is 4. The highest BCUT2D eigenvalue weighted by Crippen LogP contribution is 2.79. The summed E-state index contributed by atoms with van der Waals surface area (Å²) < 4.78 is 58.4. The van der Waals surface area contributed by atoms with Gasteiger partial charge in [0.2, 0.25) is 0 Å². The quantitative estimate of drug-likeness (QED) is 0.0248. The number of piperazine rings is 2. The molecule has 3 aliphatic heterocycles. The Balaban J connectivity index is 0.000000188. The van der Waals surface area contributed by atoms with Crippen molar-refractivity contribution in [1.29, 1.82) is 0 Å². The molecule has 2 amide bonds. The second kappa shape index (κ2) is 34.5. The zero-order valence-corrected chi connectivity index (χ0v) is 72.4. The summed E-state index contributed by atoms with van der Waals surface area (Å²) in [5, 5.41) is 7.38. The molecule has 16 nitrogen and oxygen atoms in total. The van der Waals surface area contributed by atoms with Gasteiger partial charge < -0.3 is 30.2 Å². The van der Waals surface area contributed by atoms with Crippen molar-refractivity contribution in [1.82, 2.24) is 29.0 Å². The molecule has 4 N–H and O–H groups in total. The predicted octanol–water partition coefficient (Wildman–Crippen LogP) is 17.8. The normalized spacial score (nSPS) is 24.8. The van der Waals surface area contributed by atoms with Crippen molar-refractivity contribution in [2.75, 3.05) is 138 Å². The highest BCUT2D eigenvalue weighted by Gasteiger charge is 2.68. The summed E-state index contributed by atoms with van der Waals surface area (Å²) in [7, 11) is -4.00. The van der Waals surface area contributed by atoms with Crippen LogP contribution in [0.2, 0.25) is 0 Å². The van der Waals surface area contributed by atoms with Gasteiger partial charge in [-0.1, -0.05) is 107 Å². The molecule has 3 saturated heterocycles. The number of thioether (sulfide) groups is 2. The van der Waals surface area contributed by atoms with Crippen LogP contribution in [0.3, 0.4) is 0 Å². The first-order valence-corrected chi connectivity index (χ1v) is 47.0. The standard InChI is InChI=1S/C48H65N5O3S2.C45H61N5O3S2/c1-36-29-42(17-18-44(36)49-39(20-24-51-22-9-6-10-23-51)32-57-41-11-7-5-8-12-41)58(55,56)50-45(54)37-13-15-40(16-14-37)53-27-25-52(26-28-53)31-38-19-21-46(2,3)30-43(38)48-33-47(4,34-48)35-48;1-33-26-39(16-17-41(33)46-36(19-21-48(5)6)29-54-38-10-8-7-9-11-38)55(52,53)47-42(51)34-12-14-37(15-13-34)50-24-22-49(23-25-50)28-35-18-20-43(2,3)27-40(35)45-30-44(4,31-45)32-45/h5,7-8,11-18,29,39,49H,6,9-10,19-28,30-35H2,1-4H3,(H,50,54);7-17,26,36,46H,18-25,27-32H2,1-6H3,(H,47,51)/t39-,47?,48?;36-,44?,45?/m11/s1. The lowest BCUT2D eigenvalue weighted by molar-refractivity contribution is -0.167. The van der Waals surface area contributed by atoms with Crippen molar-refractivity contribution in [2.45, 2.75) is 196 Å². The van der Waals surface area contributed by atoms with E-state index in [1.165, 1.54) is 106 Å². The smallest absolute Gasteiger partial charge is 0.264 e. The number of piperidine rings is 1. The van der Waals surface area contributed by atoms with Gasteiger partial charge in [0.15, 0.2) is 0 Å². The number of hydrogen-bond acceptors (Lipinski definition) is 16. The van der Waals surface area contributed by atoms with Crippen molar-refractivity contribution in [3.05, 3.63) is 190 Å². The zero-order valence-electron chi connectivity index (χ0n) is 69.1. The maximum atomic E-state index is 13.5. The van der Waals surface area contributed by atoms with Gasteiger partial charge in [0, 0.05) is 139 Å². The van der Waals surface area contributed by atoms with E-state index in [1.807, 2.05) is 91.4 Å². The van der Waals surface area contributed by atoms with Crippen LogP contribution in [0.1, 0.15) is 183 Å². The first kappa shape index (κ1) is 82.9. The van der Waals surface area contributed by atoms with E-state index in [0.29, 0.717) is 43.6 Å². The molecular weight excluding hydrogens is 1480 g/mol. The maximum Gasteiger partial charge on any atom is 0.264 e. The molecule has 11 aliphatic rings. The van der Waals surface area contributed by atoms with E-state index in [-0.39, 0.29) is 21.9 Å². The second-order valence-electron chi connectivity index (χ2n) is 37.7. The van der Waals surface area contributed by atoms with Crippen LogP contribution in [-0.2, 0) is 20.0 Å². The van der Waals surface area contributed by atoms with E-state index in [9.17, 15) is 26.4 Å². The highest BCUT2D eigenvalue weighted by atomic mass is 32.2. The minimum Gasteiger partial charge on any atom is -0.381 e. The zero-order chi connectivity index (χ0) is 79.6. The Morgan fingerprint density at radius 2 is 0.858 bits per heavy atom. The topological polar surface area (TPSA) is 170 Å². The molecule has 4 bridgehead atoms. The van der Waals surface area contributed by atoms with E-state index in [4.69, 9.17) is 0 Å². The number of rotatable bonds is 30. The Morgan fingerprint density at radius 3 is 1.23 bits per heavy atom. The van der Waals surface area contributed by atoms with Gasteiger partial charge in [0.1, 0.15) is 0 Å². The Morgan fingerprint density at radius 1 is 0.469 bits per heavy atom. The summed E-state index contributed by atoms with van der Waals surface area (Å²) in [5.74, 6) is 0.528. The van der Waals surface area contributed by atoms with Crippen molar-refractivity contribution in [3.8, 4) is 0 Å². The number of likely N-dealkylation sites (tertiary alicyclic amines) is 1. The van der Waals surface area contributed by atoms with Gasteiger partial charge in [0.25, 0.3) is 31.9 Å². The summed E-state index contributed by atoms with van der Waals surface area (Å²) in [6.07, 6.45) is 21.8. The molecular formula is C93H126N10O6S4. The van der Waals surface area contributed by atoms with Crippen LogP contribution in [-0.4, -0.2) is 178 Å². The number of amides is 2. The lowest BCUT2D eigenvalue weighted by Crippen LogP contribution is -2.61. The van der Waals surface area contributed by atoms with Crippen LogP contribution < -0.4 is 29.9 Å². The van der Waals surface area contributed by atoms with E-state index in [1.54, 1.807) is 77.5 Å². The first-order chi connectivity index (χ1) is 53.9. The number of anilines is 4. The lowest BCUT2D eigenvalue weighted by Gasteiger charge is -2.72. The molecule has 608 valence electrons. The fourth-order valence-corrected chi connectivity index (χ4v) is 24.6. The summed E-state index contributed by atoms with van der Waals surface area (Å²) >= 11 is 3.65. The van der Waals surface area contributed by atoms with E-state index >= 15 is 0 Å². The summed E-state index contributed by atoms with van der Waals surface area (Å²) in [6, 6.07) is 46.1. The van der Waals surface area contributed by atoms with Crippen molar-refractivity contribution in [2.24, 2.45) is 32.5 Å². The average molecular weight is 1610 g/mol. The molecule has 17 rings (SSSR count). The summed E-state index contributed by atoms with van der Waals surface area (Å²) in [6.45, 7) is 32.9. The Hall–Kier alpha value is -6.62. The first-order valence-electron chi connectivity index (χ1n) is 42.1. The summed E-state index contributed by atoms with van der Waals surface area (Å²) in [5.41, 5.74) is 16.5. The van der Waals surface area contributed by atoms with Crippen molar-refractivity contribution in [3.63, 3.8) is 0 Å². The van der Waals surface area contributed by atoms with Crippen LogP contribution in [0, 0.1) is 46.3 Å². The number of sulfonamides is 2. The fraction of sp³-hybridized carbons (Fsp3) is 0.548. The van der Waals surface area contributed by atoms with Gasteiger partial charge in [-0.25, -0.2) is 26.3 Å². The maximum absolute atomic E-state index is 13.5. The van der Waals surface area contributed by atoms with Crippen LogP contribution in [0.15, 0.2) is 187 Å². The Bertz CT molecular complexity index is 4600. The summed E-state index contributed by atoms with van der Waals surface area (Å²) in [4.78, 5) is 43.9. The molecule has 0 radical (unpaired) electrons. The molecule has 2 atom stereocenters. The molecule has 9 fully saturated rings. The Labute approximate surface area is 685 Å². The number of allylic oxidation sites excluding steroid dienone is 2. The highest BCUT2D eigenvalue weighted by molar-refractivity contribution is 7.99. The van der Waals surface area contributed by atoms with Crippen molar-refractivity contribution >= 4 is 78.1 Å². The fourth-order valence-electron chi connectivity index (χ4n) is 20.5. The minimum absolute atomic E-state index is 0.0696. The Kier molecular flexibility index (Phi) is 25.3. The number of benzene rings is 6. The molecule has 6 aromatic carbocycles. The van der Waals surface area contributed by atoms with Crippen molar-refractivity contribution < 1.29 is 26.4 Å². The molecule has 0 spiro atoms. The predicted molar refractivity (Wildman–Crippen MR) is 467 cm³/mol. The monoisotopic (exact) mass is 1610 g/mol. The third-order valence-corrected chi connectivity index (χ3v) is 31.6. The lowest BCUT2D eigenvalue weighted by atomic mass is 9.33. The molecule has 6 saturated carbocycles. The van der Waals surface area contributed by atoms with E-state index in [2.05, 4.69) is 142 Å². The number of hydrogen-bond donors (Lipinski definition) is 4. The third-order valence-electron chi connectivity index (χ3n) is 26.6. The van der Waals surface area contributed by atoms with Gasteiger partial charge in [-0.05, 0) is 303 Å². The number of nitrogens with zero attached hydrogens (tertiary/aromatic N) is 6. The SMILES string of the molecule is Cc1cc(S(=O)(=O)NC(=O)c2ccc(N3CCN(CC4=C(C56CC(C)(C5)C6)CC(C)(C)CC4)CC3)cc2)ccc1N[C@H](CCN(C)C)CSc1ccccc1.Cc1cc(S(=O)(=O)NC(=O)c2ccc(N3CCN(CC4=C(C56CC(C)(C5)C6)CC(C)(C)CC4)CC3)cc2)ccc1N[C@H](CCN1CCCCC1)CSc1ccccc1. The largest absolute Gasteiger partial charge is 0.381 e. The van der Waals surface area contributed by atoms with E-state index in [0.717, 1.165) is 150 Å². The van der Waals surface area contributed by atoms with Gasteiger partial charge in [-0.3, -0.25) is 19.4 Å². The third kappa shape index (κ3) is 20.3. The molecule has 6 aromatic rings. The van der Waals surface area contributed by atoms with Crippen LogP contribution in [0.5, 0.6) is 0 Å². The minimum atomic E-state index is -4.07.